The second-order valence-corrected chi connectivity index (χ2v) is 9.29. The average molecular weight is 401 g/mol. The van der Waals surface area contributed by atoms with Gasteiger partial charge in [-0.3, -0.25) is 14.7 Å². The van der Waals surface area contributed by atoms with Crippen molar-refractivity contribution < 1.29 is 4.79 Å². The first-order valence-electron chi connectivity index (χ1n) is 10.1. The van der Waals surface area contributed by atoms with Gasteiger partial charge >= 0.3 is 0 Å². The number of anilines is 1. The fourth-order valence-electron chi connectivity index (χ4n) is 4.24. The minimum atomic E-state index is 0.0612. The predicted molar refractivity (Wildman–Crippen MR) is 119 cm³/mol. The standard InChI is InChI=1S/C22H32N4OS/c1-14(2)25(23-7)13-19-16(5)20-21(27)26(15(3)4)17(6)24(22(20)28-19)12-18-10-8-9-11-18/h15,18H,1,6-13H2,2-5H3. The Morgan fingerprint density at radius 2 is 2.00 bits per heavy atom. The Morgan fingerprint density at radius 1 is 1.36 bits per heavy atom. The van der Waals surface area contributed by atoms with Crippen LogP contribution in [0.2, 0.25) is 0 Å². The number of carbonyl (C=O) groups excluding carboxylic acids is 1. The maximum absolute atomic E-state index is 13.4. The Balaban J connectivity index is 2.03. The predicted octanol–water partition coefficient (Wildman–Crippen LogP) is 5.34. The number of rotatable bonds is 7. The molecule has 0 radical (unpaired) electrons. The quantitative estimate of drug-likeness (QED) is 0.458. The lowest BCUT2D eigenvalue weighted by atomic mass is 10.0. The third-order valence-corrected chi connectivity index (χ3v) is 7.13. The summed E-state index contributed by atoms with van der Waals surface area (Å²) in [7, 11) is 0. The van der Waals surface area contributed by atoms with Crippen molar-refractivity contribution in [2.45, 2.75) is 66.0 Å². The van der Waals surface area contributed by atoms with Gasteiger partial charge < -0.3 is 4.90 Å². The molecule has 0 spiro atoms. The first-order valence-corrected chi connectivity index (χ1v) is 10.9. The minimum Gasteiger partial charge on any atom is -0.319 e. The van der Waals surface area contributed by atoms with Gasteiger partial charge in [-0.1, -0.05) is 26.0 Å². The van der Waals surface area contributed by atoms with Gasteiger partial charge in [0.25, 0.3) is 5.91 Å². The van der Waals surface area contributed by atoms with E-state index in [4.69, 9.17) is 0 Å². The molecule has 1 fully saturated rings. The number of hydrogen-bond acceptors (Lipinski definition) is 5. The molecule has 0 atom stereocenters. The van der Waals surface area contributed by atoms with E-state index in [1.165, 1.54) is 25.7 Å². The number of nitrogens with zero attached hydrogens (tertiary/aromatic N) is 4. The average Bonchev–Trinajstić information content (AvgIpc) is 3.24. The first kappa shape index (κ1) is 20.6. The summed E-state index contributed by atoms with van der Waals surface area (Å²) in [6.07, 6.45) is 5.13. The molecule has 1 aliphatic carbocycles. The zero-order chi connectivity index (χ0) is 20.6. The third-order valence-electron chi connectivity index (χ3n) is 5.83. The molecule has 6 heteroatoms. The molecule has 0 aromatic carbocycles. The Morgan fingerprint density at radius 3 is 2.54 bits per heavy atom. The second kappa shape index (κ2) is 8.11. The van der Waals surface area contributed by atoms with Crippen molar-refractivity contribution in [2.24, 2.45) is 11.0 Å². The van der Waals surface area contributed by atoms with Crippen molar-refractivity contribution in [3.63, 3.8) is 0 Å². The molecule has 1 amide bonds. The van der Waals surface area contributed by atoms with Gasteiger partial charge in [0.1, 0.15) is 10.8 Å². The van der Waals surface area contributed by atoms with Crippen molar-refractivity contribution in [1.82, 2.24) is 9.91 Å². The molecule has 5 nitrogen and oxygen atoms in total. The molecule has 1 aliphatic heterocycles. The lowest BCUT2D eigenvalue weighted by Crippen LogP contribution is -2.48. The van der Waals surface area contributed by atoms with E-state index < -0.39 is 0 Å². The number of allylic oxidation sites excluding steroid dienone is 1. The van der Waals surface area contributed by atoms with Gasteiger partial charge in [0.15, 0.2) is 0 Å². The lowest BCUT2D eigenvalue weighted by Gasteiger charge is -2.41. The summed E-state index contributed by atoms with van der Waals surface area (Å²) in [5.41, 5.74) is 2.70. The number of hydrogen-bond donors (Lipinski definition) is 0. The SMILES string of the molecule is C=NN(Cc1sc2c(c1C)C(=O)N(C(C)C)C(=C)N2CC1CCCC1)C(=C)C. The number of amides is 1. The van der Waals surface area contributed by atoms with Crippen molar-refractivity contribution in [1.29, 1.82) is 0 Å². The molecule has 152 valence electrons. The Hall–Kier alpha value is -2.08. The fourth-order valence-corrected chi connectivity index (χ4v) is 5.54. The summed E-state index contributed by atoms with van der Waals surface area (Å²) in [5.74, 6) is 1.54. The van der Waals surface area contributed by atoms with Crippen LogP contribution in [0.15, 0.2) is 29.8 Å². The summed E-state index contributed by atoms with van der Waals surface area (Å²) < 4.78 is 0. The summed E-state index contributed by atoms with van der Waals surface area (Å²) in [5, 5.41) is 6.90. The van der Waals surface area contributed by atoms with Crippen LogP contribution in [-0.2, 0) is 6.54 Å². The second-order valence-electron chi connectivity index (χ2n) is 8.21. The van der Waals surface area contributed by atoms with E-state index in [0.717, 1.165) is 39.1 Å². The van der Waals surface area contributed by atoms with Gasteiger partial charge in [-0.05, 0) is 52.0 Å². The molecule has 1 saturated carbocycles. The highest BCUT2D eigenvalue weighted by molar-refractivity contribution is 7.16. The molecule has 3 rings (SSSR count). The number of carbonyl (C=O) groups is 1. The zero-order valence-electron chi connectivity index (χ0n) is 17.6. The molecule has 0 unspecified atom stereocenters. The van der Waals surface area contributed by atoms with E-state index >= 15 is 0 Å². The molecule has 2 aliphatic rings. The van der Waals surface area contributed by atoms with Crippen LogP contribution in [0.1, 0.15) is 67.3 Å². The van der Waals surface area contributed by atoms with Gasteiger partial charge in [0.2, 0.25) is 0 Å². The fraction of sp³-hybridized carbons (Fsp3) is 0.545. The van der Waals surface area contributed by atoms with Gasteiger partial charge in [-0.25, -0.2) is 0 Å². The summed E-state index contributed by atoms with van der Waals surface area (Å²) in [6, 6.07) is 0.0729. The number of hydrazone groups is 1. The minimum absolute atomic E-state index is 0.0612. The van der Waals surface area contributed by atoms with Gasteiger partial charge in [-0.15, -0.1) is 11.3 Å². The molecule has 1 aromatic rings. The molecule has 2 heterocycles. The Kier molecular flexibility index (Phi) is 5.98. The van der Waals surface area contributed by atoms with Crippen molar-refractivity contribution >= 4 is 29.0 Å². The summed E-state index contributed by atoms with van der Waals surface area (Å²) in [6.45, 7) is 21.5. The first-order chi connectivity index (χ1) is 13.3. The normalized spacial score (nSPS) is 17.5. The number of fused-ring (bicyclic) bond motifs is 1. The van der Waals surface area contributed by atoms with Crippen molar-refractivity contribution in [3.8, 4) is 0 Å². The van der Waals surface area contributed by atoms with Crippen LogP contribution in [0.5, 0.6) is 0 Å². The number of thiophene rings is 1. The van der Waals surface area contributed by atoms with E-state index in [9.17, 15) is 4.79 Å². The van der Waals surface area contributed by atoms with Crippen LogP contribution < -0.4 is 4.90 Å². The molecular weight excluding hydrogens is 368 g/mol. The van der Waals surface area contributed by atoms with Crippen LogP contribution in [0.4, 0.5) is 5.00 Å². The topological polar surface area (TPSA) is 39.2 Å². The van der Waals surface area contributed by atoms with Crippen LogP contribution in [0.25, 0.3) is 0 Å². The van der Waals surface area contributed by atoms with E-state index in [0.29, 0.717) is 12.5 Å². The van der Waals surface area contributed by atoms with Gasteiger partial charge in [-0.2, -0.15) is 5.10 Å². The monoisotopic (exact) mass is 400 g/mol. The maximum Gasteiger partial charge on any atom is 0.262 e. The van der Waals surface area contributed by atoms with E-state index in [1.807, 2.05) is 18.7 Å². The molecule has 0 N–H and O–H groups in total. The lowest BCUT2D eigenvalue weighted by molar-refractivity contribution is 0.0752. The Labute approximate surface area is 173 Å². The van der Waals surface area contributed by atoms with Crippen LogP contribution in [-0.4, -0.2) is 35.1 Å². The smallest absolute Gasteiger partial charge is 0.262 e. The van der Waals surface area contributed by atoms with Crippen LogP contribution in [0, 0.1) is 12.8 Å². The van der Waals surface area contributed by atoms with Crippen LogP contribution >= 0.6 is 11.3 Å². The van der Waals surface area contributed by atoms with Gasteiger partial charge in [0.05, 0.1) is 12.1 Å². The van der Waals surface area contributed by atoms with Crippen molar-refractivity contribution in [2.75, 3.05) is 11.4 Å². The largest absolute Gasteiger partial charge is 0.319 e. The van der Waals surface area contributed by atoms with Crippen LogP contribution in [0.3, 0.4) is 0 Å². The highest BCUT2D eigenvalue weighted by atomic mass is 32.1. The summed E-state index contributed by atoms with van der Waals surface area (Å²) >= 11 is 1.68. The van der Waals surface area contributed by atoms with Gasteiger partial charge in [0, 0.05) is 29.9 Å². The Bertz CT molecular complexity index is 804. The zero-order valence-corrected chi connectivity index (χ0v) is 18.4. The highest BCUT2D eigenvalue weighted by Gasteiger charge is 2.39. The highest BCUT2D eigenvalue weighted by Crippen LogP contribution is 2.44. The van der Waals surface area contributed by atoms with E-state index in [2.05, 4.69) is 43.7 Å². The molecule has 1 aromatic heterocycles. The molecular formula is C22H32N4OS. The molecule has 0 saturated heterocycles. The van der Waals surface area contributed by atoms with E-state index in [-0.39, 0.29) is 11.9 Å². The third kappa shape index (κ3) is 3.62. The molecule has 28 heavy (non-hydrogen) atoms. The van der Waals surface area contributed by atoms with Crippen molar-refractivity contribution in [3.05, 3.63) is 40.7 Å². The molecule has 0 bridgehead atoms. The van der Waals surface area contributed by atoms with E-state index in [1.54, 1.807) is 16.3 Å². The summed E-state index contributed by atoms with van der Waals surface area (Å²) in [4.78, 5) is 18.6. The maximum atomic E-state index is 13.4.